The normalized spacial score (nSPS) is 19.0. The van der Waals surface area contributed by atoms with Crippen LogP contribution in [0.15, 0.2) is 11.8 Å². The molecule has 62 valence electrons. The predicted molar refractivity (Wildman–Crippen MR) is 42.2 cm³/mol. The Bertz CT molecular complexity index is 181. The molecule has 1 saturated heterocycles. The molecule has 0 aromatic carbocycles. The van der Waals surface area contributed by atoms with Crippen LogP contribution in [0, 0.1) is 0 Å². The summed E-state index contributed by atoms with van der Waals surface area (Å²) in [5, 5.41) is 8.44. The minimum atomic E-state index is -0.852. The van der Waals surface area contributed by atoms with Crippen molar-refractivity contribution in [1.29, 1.82) is 0 Å². The number of carbonyl (C=O) groups is 1. The predicted octanol–water partition coefficient (Wildman–Crippen LogP) is 1.07. The Balaban J connectivity index is 2.51. The number of aliphatic carboxylic acids is 1. The van der Waals surface area contributed by atoms with Crippen molar-refractivity contribution >= 4 is 5.97 Å². The maximum Gasteiger partial charge on any atom is 0.330 e. The molecule has 0 radical (unpaired) electrons. The summed E-state index contributed by atoms with van der Waals surface area (Å²) in [7, 11) is 0. The molecule has 0 amide bonds. The number of hydrogen-bond acceptors (Lipinski definition) is 2. The molecule has 0 aromatic heterocycles. The highest BCUT2D eigenvalue weighted by atomic mass is 16.4. The molecule has 1 N–H and O–H groups in total. The van der Waals surface area contributed by atoms with Crippen LogP contribution in [0.1, 0.15) is 19.8 Å². The van der Waals surface area contributed by atoms with E-state index < -0.39 is 5.97 Å². The zero-order valence-electron chi connectivity index (χ0n) is 6.71. The number of carboxylic acids is 1. The minimum Gasteiger partial charge on any atom is -0.478 e. The summed E-state index contributed by atoms with van der Waals surface area (Å²) in [6.45, 7) is 3.87. The van der Waals surface area contributed by atoms with E-state index >= 15 is 0 Å². The summed E-state index contributed by atoms with van der Waals surface area (Å²) in [6, 6.07) is 0. The Kier molecular flexibility index (Phi) is 2.52. The molecule has 1 aliphatic heterocycles. The fourth-order valence-electron chi connectivity index (χ4n) is 1.34. The zero-order valence-corrected chi connectivity index (χ0v) is 6.71. The quantitative estimate of drug-likeness (QED) is 0.606. The molecule has 0 saturated carbocycles. The molecular formula is C8H13NO2. The highest BCUT2D eigenvalue weighted by Crippen LogP contribution is 2.13. The lowest BCUT2D eigenvalue weighted by Gasteiger charge is -2.16. The number of likely N-dealkylation sites (tertiary alicyclic amines) is 1. The lowest BCUT2D eigenvalue weighted by molar-refractivity contribution is -0.131. The Labute approximate surface area is 66.3 Å². The summed E-state index contributed by atoms with van der Waals surface area (Å²) < 4.78 is 0. The molecule has 1 rings (SSSR count). The first-order valence-corrected chi connectivity index (χ1v) is 3.86. The van der Waals surface area contributed by atoms with E-state index in [9.17, 15) is 4.79 Å². The fourth-order valence-corrected chi connectivity index (χ4v) is 1.34. The number of hydrogen-bond donors (Lipinski definition) is 1. The molecule has 1 heterocycles. The summed E-state index contributed by atoms with van der Waals surface area (Å²) >= 11 is 0. The third kappa shape index (κ3) is 2.26. The highest BCUT2D eigenvalue weighted by Gasteiger charge is 2.11. The molecule has 3 nitrogen and oxygen atoms in total. The molecule has 11 heavy (non-hydrogen) atoms. The largest absolute Gasteiger partial charge is 0.478 e. The Hall–Kier alpha value is -0.990. The Morgan fingerprint density at radius 1 is 1.45 bits per heavy atom. The van der Waals surface area contributed by atoms with Crippen molar-refractivity contribution in [2.75, 3.05) is 13.1 Å². The molecular weight excluding hydrogens is 142 g/mol. The van der Waals surface area contributed by atoms with Gasteiger partial charge < -0.3 is 10.0 Å². The molecule has 0 atom stereocenters. The van der Waals surface area contributed by atoms with Crippen molar-refractivity contribution < 1.29 is 9.90 Å². The van der Waals surface area contributed by atoms with Gasteiger partial charge in [-0.25, -0.2) is 4.79 Å². The molecule has 1 aliphatic rings. The van der Waals surface area contributed by atoms with Crippen molar-refractivity contribution in [3.8, 4) is 0 Å². The average molecular weight is 155 g/mol. The van der Waals surface area contributed by atoms with Gasteiger partial charge in [0.25, 0.3) is 0 Å². The lowest BCUT2D eigenvalue weighted by Crippen LogP contribution is -2.17. The van der Waals surface area contributed by atoms with E-state index in [4.69, 9.17) is 5.11 Å². The molecule has 3 heteroatoms. The molecule has 0 aliphatic carbocycles. The summed E-state index contributed by atoms with van der Waals surface area (Å²) in [6.07, 6.45) is 3.64. The van der Waals surface area contributed by atoms with Crippen molar-refractivity contribution in [3.63, 3.8) is 0 Å². The van der Waals surface area contributed by atoms with E-state index in [1.54, 1.807) is 0 Å². The Morgan fingerprint density at radius 2 is 2.00 bits per heavy atom. The second-order valence-electron chi connectivity index (χ2n) is 2.82. The number of allylic oxidation sites excluding steroid dienone is 1. The first kappa shape index (κ1) is 8.11. The molecule has 0 aromatic rings. The van der Waals surface area contributed by atoms with Crippen LogP contribution in [0.4, 0.5) is 0 Å². The van der Waals surface area contributed by atoms with Crippen molar-refractivity contribution in [2.24, 2.45) is 0 Å². The second-order valence-corrected chi connectivity index (χ2v) is 2.82. The van der Waals surface area contributed by atoms with Crippen LogP contribution in [0.5, 0.6) is 0 Å². The minimum absolute atomic E-state index is 0.852. The summed E-state index contributed by atoms with van der Waals surface area (Å²) in [5.41, 5.74) is 0.870. The third-order valence-electron chi connectivity index (χ3n) is 1.94. The number of rotatable bonds is 2. The smallest absolute Gasteiger partial charge is 0.330 e. The van der Waals surface area contributed by atoms with Gasteiger partial charge in [-0.3, -0.25) is 0 Å². The van der Waals surface area contributed by atoms with E-state index in [1.165, 1.54) is 18.9 Å². The van der Waals surface area contributed by atoms with Crippen LogP contribution in [0.3, 0.4) is 0 Å². The van der Waals surface area contributed by atoms with Crippen molar-refractivity contribution in [3.05, 3.63) is 11.8 Å². The van der Waals surface area contributed by atoms with Crippen LogP contribution in [0.2, 0.25) is 0 Å². The third-order valence-corrected chi connectivity index (χ3v) is 1.94. The highest BCUT2D eigenvalue weighted by molar-refractivity contribution is 5.80. The molecule has 0 spiro atoms. The van der Waals surface area contributed by atoms with Crippen LogP contribution < -0.4 is 0 Å². The van der Waals surface area contributed by atoms with Crippen LogP contribution >= 0.6 is 0 Å². The van der Waals surface area contributed by atoms with Gasteiger partial charge >= 0.3 is 5.97 Å². The SMILES string of the molecule is CC(=CC(=O)O)N1CCCC1. The van der Waals surface area contributed by atoms with Gasteiger partial charge in [0.15, 0.2) is 0 Å². The summed E-state index contributed by atoms with van der Waals surface area (Å²) in [4.78, 5) is 12.4. The maximum atomic E-state index is 10.3. The zero-order chi connectivity index (χ0) is 8.27. The van der Waals surface area contributed by atoms with E-state index in [0.717, 1.165) is 18.8 Å². The first-order chi connectivity index (χ1) is 5.20. The van der Waals surface area contributed by atoms with Gasteiger partial charge in [0.05, 0.1) is 0 Å². The monoisotopic (exact) mass is 155 g/mol. The maximum absolute atomic E-state index is 10.3. The number of carboxylic acid groups (broad SMARTS) is 1. The second kappa shape index (κ2) is 3.42. The van der Waals surface area contributed by atoms with Gasteiger partial charge in [-0.15, -0.1) is 0 Å². The van der Waals surface area contributed by atoms with Gasteiger partial charge in [-0.1, -0.05) is 0 Å². The molecule has 0 bridgehead atoms. The van der Waals surface area contributed by atoms with E-state index in [2.05, 4.69) is 4.90 Å². The fraction of sp³-hybridized carbons (Fsp3) is 0.625. The van der Waals surface area contributed by atoms with E-state index in [-0.39, 0.29) is 0 Å². The van der Waals surface area contributed by atoms with Crippen molar-refractivity contribution in [1.82, 2.24) is 4.90 Å². The summed E-state index contributed by atoms with van der Waals surface area (Å²) in [5.74, 6) is -0.852. The van der Waals surface area contributed by atoms with E-state index in [0.29, 0.717) is 0 Å². The first-order valence-electron chi connectivity index (χ1n) is 3.86. The van der Waals surface area contributed by atoms with Crippen molar-refractivity contribution in [2.45, 2.75) is 19.8 Å². The van der Waals surface area contributed by atoms with Gasteiger partial charge in [-0.2, -0.15) is 0 Å². The van der Waals surface area contributed by atoms with Crippen LogP contribution in [-0.4, -0.2) is 29.1 Å². The van der Waals surface area contributed by atoms with Gasteiger partial charge in [0.1, 0.15) is 0 Å². The molecule has 0 unspecified atom stereocenters. The topological polar surface area (TPSA) is 40.5 Å². The standard InChI is InChI=1S/C8H13NO2/c1-7(6-8(10)11)9-4-2-3-5-9/h6H,2-5H2,1H3,(H,10,11). The average Bonchev–Trinajstić information content (AvgIpc) is 2.35. The lowest BCUT2D eigenvalue weighted by atomic mass is 10.4. The van der Waals surface area contributed by atoms with Crippen LogP contribution in [-0.2, 0) is 4.79 Å². The number of nitrogens with zero attached hydrogens (tertiary/aromatic N) is 1. The van der Waals surface area contributed by atoms with E-state index in [1.807, 2.05) is 6.92 Å². The van der Waals surface area contributed by atoms with Gasteiger partial charge in [0, 0.05) is 24.9 Å². The molecule has 1 fully saturated rings. The van der Waals surface area contributed by atoms with Gasteiger partial charge in [0.2, 0.25) is 0 Å². The van der Waals surface area contributed by atoms with Crippen LogP contribution in [0.25, 0.3) is 0 Å². The Morgan fingerprint density at radius 3 is 2.45 bits per heavy atom. The van der Waals surface area contributed by atoms with Gasteiger partial charge in [-0.05, 0) is 19.8 Å².